The minimum absolute atomic E-state index is 0.607. The first-order valence-electron chi connectivity index (χ1n) is 7.83. The zero-order valence-corrected chi connectivity index (χ0v) is 13.7. The molecule has 1 aliphatic rings. The number of piperazine rings is 1. The maximum atomic E-state index is 3.51. The lowest BCUT2D eigenvalue weighted by Gasteiger charge is -2.38. The van der Waals surface area contributed by atoms with Crippen LogP contribution in [0, 0.1) is 0 Å². The van der Waals surface area contributed by atoms with Gasteiger partial charge in [-0.3, -0.25) is 9.80 Å². The summed E-state index contributed by atoms with van der Waals surface area (Å²) in [5, 5.41) is 3.51. The second kappa shape index (κ2) is 8.90. The lowest BCUT2D eigenvalue weighted by molar-refractivity contribution is 0.0942. The fourth-order valence-corrected chi connectivity index (χ4v) is 2.53. The van der Waals surface area contributed by atoms with Crippen molar-refractivity contribution in [3.8, 4) is 0 Å². The summed E-state index contributed by atoms with van der Waals surface area (Å²) < 4.78 is 0. The highest BCUT2D eigenvalue weighted by atomic mass is 15.3. The van der Waals surface area contributed by atoms with Crippen LogP contribution in [0.15, 0.2) is 0 Å². The molecule has 0 saturated carbocycles. The molecule has 1 unspecified atom stereocenters. The van der Waals surface area contributed by atoms with Crippen LogP contribution in [0.5, 0.6) is 0 Å². The Morgan fingerprint density at radius 2 is 1.68 bits per heavy atom. The predicted molar refractivity (Wildman–Crippen MR) is 83.8 cm³/mol. The van der Waals surface area contributed by atoms with Crippen molar-refractivity contribution >= 4 is 0 Å². The van der Waals surface area contributed by atoms with Crippen LogP contribution in [-0.2, 0) is 0 Å². The average molecular weight is 270 g/mol. The Morgan fingerprint density at radius 3 is 2.21 bits per heavy atom. The Balaban J connectivity index is 2.14. The van der Waals surface area contributed by atoms with Crippen molar-refractivity contribution in [2.45, 2.75) is 39.3 Å². The van der Waals surface area contributed by atoms with E-state index < -0.39 is 0 Å². The summed E-state index contributed by atoms with van der Waals surface area (Å²) in [6.07, 6.45) is 1.26. The standard InChI is InChI=1S/C15H34N4/c1-14(2)16-7-6-15(3)19-12-10-18(11-13-19)9-8-17(4)5/h14-16H,6-13H2,1-5H3. The number of nitrogens with zero attached hydrogens (tertiary/aromatic N) is 3. The van der Waals surface area contributed by atoms with E-state index in [4.69, 9.17) is 0 Å². The van der Waals surface area contributed by atoms with E-state index in [0.29, 0.717) is 12.1 Å². The monoisotopic (exact) mass is 270 g/mol. The van der Waals surface area contributed by atoms with Crippen molar-refractivity contribution in [3.63, 3.8) is 0 Å². The molecule has 19 heavy (non-hydrogen) atoms. The molecule has 0 amide bonds. The van der Waals surface area contributed by atoms with Crippen LogP contribution in [-0.4, -0.2) is 86.7 Å². The molecule has 0 aromatic heterocycles. The normalized spacial score (nSPS) is 20.4. The summed E-state index contributed by atoms with van der Waals surface area (Å²) in [7, 11) is 4.31. The van der Waals surface area contributed by atoms with Gasteiger partial charge in [-0.15, -0.1) is 0 Å². The smallest absolute Gasteiger partial charge is 0.0113 e. The Kier molecular flexibility index (Phi) is 7.91. The Bertz CT molecular complexity index is 222. The first-order valence-corrected chi connectivity index (χ1v) is 7.83. The van der Waals surface area contributed by atoms with Gasteiger partial charge in [-0.2, -0.15) is 0 Å². The van der Waals surface area contributed by atoms with E-state index in [1.165, 1.54) is 45.7 Å². The third-order valence-corrected chi connectivity index (χ3v) is 4.01. The van der Waals surface area contributed by atoms with E-state index in [9.17, 15) is 0 Å². The topological polar surface area (TPSA) is 21.8 Å². The molecule has 1 atom stereocenters. The first kappa shape index (κ1) is 16.9. The largest absolute Gasteiger partial charge is 0.314 e. The van der Waals surface area contributed by atoms with Gasteiger partial charge in [0.1, 0.15) is 0 Å². The Labute approximate surface area is 120 Å². The fourth-order valence-electron chi connectivity index (χ4n) is 2.53. The van der Waals surface area contributed by atoms with Crippen LogP contribution >= 0.6 is 0 Å². The summed E-state index contributed by atoms with van der Waals surface area (Å²) in [4.78, 5) is 7.51. The van der Waals surface area contributed by atoms with Crippen LogP contribution in [0.4, 0.5) is 0 Å². The van der Waals surface area contributed by atoms with Gasteiger partial charge in [0.05, 0.1) is 0 Å². The molecule has 4 nitrogen and oxygen atoms in total. The molecule has 1 rings (SSSR count). The van der Waals surface area contributed by atoms with Crippen molar-refractivity contribution in [1.82, 2.24) is 20.0 Å². The molecule has 0 spiro atoms. The van der Waals surface area contributed by atoms with E-state index in [1.54, 1.807) is 0 Å². The second-order valence-electron chi connectivity index (χ2n) is 6.43. The minimum Gasteiger partial charge on any atom is -0.314 e. The quantitative estimate of drug-likeness (QED) is 0.709. The van der Waals surface area contributed by atoms with Crippen LogP contribution < -0.4 is 5.32 Å². The molecular formula is C15H34N4. The SMILES string of the molecule is CC(C)NCCC(C)N1CCN(CCN(C)C)CC1. The van der Waals surface area contributed by atoms with Crippen molar-refractivity contribution < 1.29 is 0 Å². The minimum atomic E-state index is 0.607. The van der Waals surface area contributed by atoms with Crippen molar-refractivity contribution in [2.75, 3.05) is 59.9 Å². The number of hydrogen-bond acceptors (Lipinski definition) is 4. The van der Waals surface area contributed by atoms with Crippen LogP contribution in [0.1, 0.15) is 27.2 Å². The van der Waals surface area contributed by atoms with Gasteiger partial charge in [-0.1, -0.05) is 13.8 Å². The predicted octanol–water partition coefficient (Wildman–Crippen LogP) is 0.942. The summed E-state index contributed by atoms with van der Waals surface area (Å²) in [6, 6.07) is 1.32. The van der Waals surface area contributed by atoms with Crippen LogP contribution in [0.3, 0.4) is 0 Å². The summed E-state index contributed by atoms with van der Waals surface area (Å²) in [5.41, 5.74) is 0. The molecule has 4 heteroatoms. The maximum Gasteiger partial charge on any atom is 0.0113 e. The molecule has 0 aromatic rings. The molecular weight excluding hydrogens is 236 g/mol. The Morgan fingerprint density at radius 1 is 1.05 bits per heavy atom. The lowest BCUT2D eigenvalue weighted by atomic mass is 10.1. The van der Waals surface area contributed by atoms with Crippen molar-refractivity contribution in [1.29, 1.82) is 0 Å². The Hall–Kier alpha value is -0.160. The highest BCUT2D eigenvalue weighted by Crippen LogP contribution is 2.08. The summed E-state index contributed by atoms with van der Waals surface area (Å²) in [5.74, 6) is 0. The summed E-state index contributed by atoms with van der Waals surface area (Å²) in [6.45, 7) is 15.3. The molecule has 0 radical (unpaired) electrons. The molecule has 1 N–H and O–H groups in total. The zero-order valence-electron chi connectivity index (χ0n) is 13.7. The number of likely N-dealkylation sites (N-methyl/N-ethyl adjacent to an activating group) is 1. The van der Waals surface area contributed by atoms with Crippen LogP contribution in [0.2, 0.25) is 0 Å². The zero-order chi connectivity index (χ0) is 14.3. The fraction of sp³-hybridized carbons (Fsp3) is 1.00. The highest BCUT2D eigenvalue weighted by molar-refractivity contribution is 4.77. The first-order chi connectivity index (χ1) is 8.99. The lowest BCUT2D eigenvalue weighted by Crippen LogP contribution is -2.51. The van der Waals surface area contributed by atoms with E-state index in [0.717, 1.165) is 6.54 Å². The average Bonchev–Trinajstić information content (AvgIpc) is 2.36. The molecule has 1 aliphatic heterocycles. The molecule has 0 bridgehead atoms. The van der Waals surface area contributed by atoms with Gasteiger partial charge in [0.2, 0.25) is 0 Å². The number of hydrogen-bond donors (Lipinski definition) is 1. The number of rotatable bonds is 8. The van der Waals surface area contributed by atoms with E-state index >= 15 is 0 Å². The van der Waals surface area contributed by atoms with Gasteiger partial charge in [-0.25, -0.2) is 0 Å². The van der Waals surface area contributed by atoms with E-state index in [1.807, 2.05) is 0 Å². The third kappa shape index (κ3) is 7.25. The van der Waals surface area contributed by atoms with Crippen molar-refractivity contribution in [2.24, 2.45) is 0 Å². The molecule has 1 fully saturated rings. The second-order valence-corrected chi connectivity index (χ2v) is 6.43. The molecule has 1 heterocycles. The van der Waals surface area contributed by atoms with Crippen LogP contribution in [0.25, 0.3) is 0 Å². The molecule has 0 aliphatic carbocycles. The van der Waals surface area contributed by atoms with E-state index in [-0.39, 0.29) is 0 Å². The van der Waals surface area contributed by atoms with Crippen molar-refractivity contribution in [3.05, 3.63) is 0 Å². The van der Waals surface area contributed by atoms with Gasteiger partial charge in [0, 0.05) is 51.4 Å². The molecule has 0 aromatic carbocycles. The molecule has 114 valence electrons. The van der Waals surface area contributed by atoms with E-state index in [2.05, 4.69) is 54.9 Å². The maximum absolute atomic E-state index is 3.51. The molecule has 1 saturated heterocycles. The third-order valence-electron chi connectivity index (χ3n) is 4.01. The van der Waals surface area contributed by atoms with Gasteiger partial charge in [0.15, 0.2) is 0 Å². The number of nitrogens with one attached hydrogen (secondary N) is 1. The summed E-state index contributed by atoms with van der Waals surface area (Å²) >= 11 is 0. The van der Waals surface area contributed by atoms with Gasteiger partial charge >= 0.3 is 0 Å². The van der Waals surface area contributed by atoms with Gasteiger partial charge in [-0.05, 0) is 34.0 Å². The van der Waals surface area contributed by atoms with Gasteiger partial charge in [0.25, 0.3) is 0 Å². The van der Waals surface area contributed by atoms with Gasteiger partial charge < -0.3 is 10.2 Å². The highest BCUT2D eigenvalue weighted by Gasteiger charge is 2.20.